The van der Waals surface area contributed by atoms with Crippen LogP contribution in [0.15, 0.2) is 24.3 Å². The topological polar surface area (TPSA) is 108 Å². The first kappa shape index (κ1) is 78.0. The molecule has 0 aromatic carbocycles. The van der Waals surface area contributed by atoms with E-state index in [0.29, 0.717) is 17.4 Å². The van der Waals surface area contributed by atoms with Crippen molar-refractivity contribution in [2.45, 2.75) is 379 Å². The molecule has 3 atom stereocenters. The molecule has 2 N–H and O–H groups in total. The summed E-state index contributed by atoms with van der Waals surface area (Å²) in [4.78, 5) is 25.6. The number of aliphatic hydroxyl groups is 1. The highest BCUT2D eigenvalue weighted by Crippen LogP contribution is 2.38. The number of carbonyl (C=O) groups is 1. The van der Waals surface area contributed by atoms with Gasteiger partial charge in [0.05, 0.1) is 39.9 Å². The molecule has 3 unspecified atom stereocenters. The van der Waals surface area contributed by atoms with E-state index in [1.54, 1.807) is 6.08 Å². The summed E-state index contributed by atoms with van der Waals surface area (Å²) in [5, 5.41) is 13.9. The van der Waals surface area contributed by atoms with Crippen LogP contribution < -0.4 is 10.2 Å². The average molecular weight is 1140 g/mol. The Balaban J connectivity index is 3.97. The molecular weight excluding hydrogens is 996 g/mol. The van der Waals surface area contributed by atoms with Gasteiger partial charge in [-0.05, 0) is 32.1 Å². The van der Waals surface area contributed by atoms with Crippen LogP contribution in [-0.4, -0.2) is 68.5 Å². The van der Waals surface area contributed by atoms with Gasteiger partial charge in [0.1, 0.15) is 13.2 Å². The minimum atomic E-state index is -4.61. The number of allylic oxidation sites excluding steroid dienone is 3. The fourth-order valence-corrected chi connectivity index (χ4v) is 11.7. The molecule has 79 heavy (non-hydrogen) atoms. The quantitative estimate of drug-likeness (QED) is 0.0272. The van der Waals surface area contributed by atoms with Crippen molar-refractivity contribution in [1.82, 2.24) is 5.32 Å². The monoisotopic (exact) mass is 1140 g/mol. The summed E-state index contributed by atoms with van der Waals surface area (Å²) in [5.74, 6) is -0.198. The van der Waals surface area contributed by atoms with E-state index in [1.165, 1.54) is 308 Å². The van der Waals surface area contributed by atoms with Crippen molar-refractivity contribution < 1.29 is 32.9 Å². The number of aliphatic hydroxyl groups excluding tert-OH is 1. The first-order valence-corrected chi connectivity index (χ1v) is 36.7. The Hall–Kier alpha value is -1.02. The number of hydrogen-bond acceptors (Lipinski definition) is 6. The van der Waals surface area contributed by atoms with E-state index in [0.717, 1.165) is 38.5 Å². The van der Waals surface area contributed by atoms with Gasteiger partial charge in [0.15, 0.2) is 0 Å². The second kappa shape index (κ2) is 61.5. The third-order valence-corrected chi connectivity index (χ3v) is 17.4. The highest BCUT2D eigenvalue weighted by atomic mass is 31.2. The maximum Gasteiger partial charge on any atom is 0.268 e. The van der Waals surface area contributed by atoms with E-state index in [-0.39, 0.29) is 19.1 Å². The van der Waals surface area contributed by atoms with Gasteiger partial charge in [0, 0.05) is 6.42 Å². The number of unbranched alkanes of at least 4 members (excludes halogenated alkanes) is 51. The molecule has 0 aromatic rings. The van der Waals surface area contributed by atoms with Crippen molar-refractivity contribution in [3.63, 3.8) is 0 Å². The van der Waals surface area contributed by atoms with E-state index in [2.05, 4.69) is 31.3 Å². The SMILES string of the molecule is CCCCCCCCCCCCCCCCC/C=C/CC/C=C/C(O)C(COP(=O)([O-])OCC[N+](C)(C)C)NC(=O)CCCCCCCCCCCCCCCCCCCCCCCCCCCCCCCCCCCCCC. The molecule has 1 amide bonds. The largest absolute Gasteiger partial charge is 0.756 e. The van der Waals surface area contributed by atoms with Crippen LogP contribution in [0.2, 0.25) is 0 Å². The maximum absolute atomic E-state index is 13.0. The molecule has 0 saturated carbocycles. The summed E-state index contributed by atoms with van der Waals surface area (Å²) < 4.78 is 23.4. The Morgan fingerprint density at radius 3 is 1.03 bits per heavy atom. The number of phosphoric ester groups is 1. The molecule has 0 spiro atoms. The van der Waals surface area contributed by atoms with Crippen LogP contribution in [-0.2, 0) is 18.4 Å². The molecule has 0 rings (SSSR count). The molecule has 0 fully saturated rings. The summed E-state index contributed by atoms with van der Waals surface area (Å²) in [6.45, 7) is 4.69. The van der Waals surface area contributed by atoms with E-state index in [9.17, 15) is 19.4 Å². The first-order chi connectivity index (χ1) is 38.5. The lowest BCUT2D eigenvalue weighted by Gasteiger charge is -2.29. The molecule has 0 aliphatic carbocycles. The van der Waals surface area contributed by atoms with Crippen molar-refractivity contribution >= 4 is 13.7 Å². The third-order valence-electron chi connectivity index (χ3n) is 16.4. The summed E-state index contributed by atoms with van der Waals surface area (Å²) in [5.41, 5.74) is 0. The predicted octanol–water partition coefficient (Wildman–Crippen LogP) is 21.6. The van der Waals surface area contributed by atoms with Crippen molar-refractivity contribution in [2.24, 2.45) is 0 Å². The minimum Gasteiger partial charge on any atom is -0.756 e. The van der Waals surface area contributed by atoms with Crippen LogP contribution in [0.5, 0.6) is 0 Å². The van der Waals surface area contributed by atoms with Gasteiger partial charge in [-0.1, -0.05) is 353 Å². The lowest BCUT2D eigenvalue weighted by atomic mass is 10.0. The normalized spacial score (nSPS) is 13.8. The average Bonchev–Trinajstić information content (AvgIpc) is 3.42. The fourth-order valence-electron chi connectivity index (χ4n) is 10.9. The second-order valence-corrected chi connectivity index (χ2v) is 27.0. The zero-order valence-electron chi connectivity index (χ0n) is 53.9. The van der Waals surface area contributed by atoms with Crippen LogP contribution in [0.3, 0.4) is 0 Å². The number of quaternary nitrogens is 1. The Morgan fingerprint density at radius 1 is 0.430 bits per heavy atom. The molecule has 0 aromatic heterocycles. The highest BCUT2D eigenvalue weighted by Gasteiger charge is 2.23. The van der Waals surface area contributed by atoms with Gasteiger partial charge < -0.3 is 28.8 Å². The summed E-state index contributed by atoms with van der Waals surface area (Å²) in [7, 11) is 1.26. The van der Waals surface area contributed by atoms with Gasteiger partial charge in [-0.25, -0.2) is 0 Å². The smallest absolute Gasteiger partial charge is 0.268 e. The second-order valence-electron chi connectivity index (χ2n) is 25.6. The lowest BCUT2D eigenvalue weighted by Crippen LogP contribution is -2.45. The van der Waals surface area contributed by atoms with Gasteiger partial charge in [0.25, 0.3) is 7.82 Å². The van der Waals surface area contributed by atoms with Crippen LogP contribution >= 0.6 is 7.82 Å². The molecule has 8 nitrogen and oxygen atoms in total. The molecule has 0 bridgehead atoms. The Morgan fingerprint density at radius 2 is 0.709 bits per heavy atom. The minimum absolute atomic E-state index is 0.00349. The number of phosphoric acid groups is 1. The van der Waals surface area contributed by atoms with Crippen molar-refractivity contribution in [3.8, 4) is 0 Å². The number of nitrogens with one attached hydrogen (secondary N) is 1. The van der Waals surface area contributed by atoms with Crippen LogP contribution in [0.1, 0.15) is 367 Å². The third kappa shape index (κ3) is 64.4. The van der Waals surface area contributed by atoms with Crippen LogP contribution in [0.25, 0.3) is 0 Å². The van der Waals surface area contributed by atoms with Crippen molar-refractivity contribution in [1.29, 1.82) is 0 Å². The highest BCUT2D eigenvalue weighted by molar-refractivity contribution is 7.45. The van der Waals surface area contributed by atoms with E-state index in [4.69, 9.17) is 9.05 Å². The van der Waals surface area contributed by atoms with Crippen LogP contribution in [0, 0.1) is 0 Å². The number of carbonyl (C=O) groups excluding carboxylic acids is 1. The fraction of sp³-hybridized carbons (Fsp3) is 0.929. The Kier molecular flexibility index (Phi) is 60.7. The summed E-state index contributed by atoms with van der Waals surface area (Å²) in [6, 6.07) is -0.901. The molecule has 9 heteroatoms. The predicted molar refractivity (Wildman–Crippen MR) is 344 cm³/mol. The van der Waals surface area contributed by atoms with E-state index < -0.39 is 20.0 Å². The maximum atomic E-state index is 13.0. The van der Waals surface area contributed by atoms with Gasteiger partial charge >= 0.3 is 0 Å². The van der Waals surface area contributed by atoms with E-state index in [1.807, 2.05) is 27.2 Å². The number of hydrogen-bond donors (Lipinski definition) is 2. The number of likely N-dealkylation sites (N-methyl/N-ethyl adjacent to an activating group) is 1. The molecule has 0 aliphatic rings. The summed E-state index contributed by atoms with van der Waals surface area (Å²) >= 11 is 0. The Bertz CT molecular complexity index is 1340. The number of nitrogens with zero attached hydrogens (tertiary/aromatic N) is 1. The molecule has 0 radical (unpaired) electrons. The summed E-state index contributed by atoms with van der Waals surface area (Å²) in [6.07, 6.45) is 80.3. The van der Waals surface area contributed by atoms with Crippen LogP contribution in [0.4, 0.5) is 0 Å². The number of amides is 1. The van der Waals surface area contributed by atoms with Gasteiger partial charge in [-0.15, -0.1) is 0 Å². The molecule has 0 saturated heterocycles. The van der Waals surface area contributed by atoms with Gasteiger partial charge in [-0.3, -0.25) is 9.36 Å². The van der Waals surface area contributed by atoms with Crippen molar-refractivity contribution in [2.75, 3.05) is 40.9 Å². The van der Waals surface area contributed by atoms with E-state index >= 15 is 0 Å². The molecular formula is C70H139N2O6P. The van der Waals surface area contributed by atoms with Gasteiger partial charge in [0.2, 0.25) is 5.91 Å². The molecule has 470 valence electrons. The van der Waals surface area contributed by atoms with Crippen molar-refractivity contribution in [3.05, 3.63) is 24.3 Å². The lowest BCUT2D eigenvalue weighted by molar-refractivity contribution is -0.870. The first-order valence-electron chi connectivity index (χ1n) is 35.2. The zero-order valence-corrected chi connectivity index (χ0v) is 54.8. The zero-order chi connectivity index (χ0) is 57.7. The Labute approximate surface area is 494 Å². The number of rotatable bonds is 66. The molecule has 0 aliphatic heterocycles. The molecule has 0 heterocycles. The van der Waals surface area contributed by atoms with Gasteiger partial charge in [-0.2, -0.15) is 0 Å². The standard InChI is InChI=1S/C70H139N2O6P/c1-6-8-10-12-14-16-18-20-22-24-26-28-29-30-31-32-33-34-35-36-37-38-39-40-41-42-44-46-48-50-52-54-56-58-60-62-64-70(74)71-68(67-78-79(75,76)77-66-65-72(3,4)5)69(73)63-61-59-57-55-53-51-49-47-45-43-27-25-23-21-19-17-15-13-11-9-7-2/h53,55,61,63,68-69,73H,6-52,54,56-60,62,64-67H2,1-5H3,(H-,71,74,75,76)/b55-53+,63-61+.